The Morgan fingerprint density at radius 1 is 1.64 bits per heavy atom. The SMILES string of the molecule is C#CCC(CCBr)S(=O)(=O)O. The highest BCUT2D eigenvalue weighted by Crippen LogP contribution is 2.09. The van der Waals surface area contributed by atoms with E-state index in [9.17, 15) is 8.42 Å². The molecular weight excluding hydrogens is 232 g/mol. The quantitative estimate of drug-likeness (QED) is 0.454. The molecule has 1 unspecified atom stereocenters. The molecule has 0 bridgehead atoms. The van der Waals surface area contributed by atoms with Gasteiger partial charge in [-0.1, -0.05) is 15.9 Å². The van der Waals surface area contributed by atoms with Gasteiger partial charge in [-0.3, -0.25) is 4.55 Å². The van der Waals surface area contributed by atoms with Crippen LogP contribution in [0.3, 0.4) is 0 Å². The van der Waals surface area contributed by atoms with Crippen molar-refractivity contribution < 1.29 is 13.0 Å². The molecule has 5 heteroatoms. The lowest BCUT2D eigenvalue weighted by Crippen LogP contribution is -2.20. The molecule has 0 aliphatic heterocycles. The predicted octanol–water partition coefficient (Wildman–Crippen LogP) is 1.05. The van der Waals surface area contributed by atoms with Gasteiger partial charge >= 0.3 is 0 Å². The average molecular weight is 241 g/mol. The topological polar surface area (TPSA) is 54.4 Å². The zero-order chi connectivity index (χ0) is 8.91. The van der Waals surface area contributed by atoms with E-state index >= 15 is 0 Å². The molecule has 0 aliphatic carbocycles. The molecular formula is C6H9BrO3S. The Bertz CT molecular complexity index is 239. The van der Waals surface area contributed by atoms with E-state index in [1.807, 2.05) is 0 Å². The van der Waals surface area contributed by atoms with Gasteiger partial charge in [-0.05, 0) is 6.42 Å². The molecule has 64 valence electrons. The molecule has 3 nitrogen and oxygen atoms in total. The van der Waals surface area contributed by atoms with E-state index in [1.165, 1.54) is 0 Å². The van der Waals surface area contributed by atoms with E-state index in [-0.39, 0.29) is 6.42 Å². The van der Waals surface area contributed by atoms with Crippen molar-refractivity contribution in [2.75, 3.05) is 5.33 Å². The number of hydrogen-bond donors (Lipinski definition) is 1. The van der Waals surface area contributed by atoms with E-state index < -0.39 is 15.4 Å². The summed E-state index contributed by atoms with van der Waals surface area (Å²) in [4.78, 5) is 0. The Hall–Kier alpha value is -0.0500. The zero-order valence-corrected chi connectivity index (χ0v) is 8.23. The van der Waals surface area contributed by atoms with Gasteiger partial charge in [0.15, 0.2) is 0 Å². The van der Waals surface area contributed by atoms with Gasteiger partial charge < -0.3 is 0 Å². The smallest absolute Gasteiger partial charge is 0.268 e. The minimum atomic E-state index is -3.96. The number of rotatable bonds is 4. The first-order chi connectivity index (χ1) is 5.02. The molecule has 1 N–H and O–H groups in total. The molecule has 0 spiro atoms. The molecule has 0 fully saturated rings. The van der Waals surface area contributed by atoms with Crippen LogP contribution in [0.5, 0.6) is 0 Å². The summed E-state index contributed by atoms with van der Waals surface area (Å²) in [6.07, 6.45) is 5.31. The van der Waals surface area contributed by atoms with Crippen molar-refractivity contribution in [2.45, 2.75) is 18.1 Å². The third kappa shape index (κ3) is 4.40. The molecule has 0 saturated carbocycles. The molecule has 0 heterocycles. The van der Waals surface area contributed by atoms with Gasteiger partial charge in [-0.15, -0.1) is 12.3 Å². The van der Waals surface area contributed by atoms with Crippen molar-refractivity contribution in [1.29, 1.82) is 0 Å². The van der Waals surface area contributed by atoms with Gasteiger partial charge in [0.1, 0.15) is 0 Å². The van der Waals surface area contributed by atoms with Crippen LogP contribution in [0.4, 0.5) is 0 Å². The minimum absolute atomic E-state index is 0.0600. The summed E-state index contributed by atoms with van der Waals surface area (Å²) in [7, 11) is -3.96. The first-order valence-corrected chi connectivity index (χ1v) is 5.60. The second-order valence-corrected chi connectivity index (χ2v) is 4.51. The van der Waals surface area contributed by atoms with Crippen LogP contribution in [0.1, 0.15) is 12.8 Å². The lowest BCUT2D eigenvalue weighted by atomic mass is 10.2. The molecule has 0 aromatic heterocycles. The number of alkyl halides is 1. The summed E-state index contributed by atoms with van der Waals surface area (Å²) in [5.41, 5.74) is 0. The van der Waals surface area contributed by atoms with Crippen LogP contribution in [0.2, 0.25) is 0 Å². The van der Waals surface area contributed by atoms with Crippen LogP contribution in [-0.2, 0) is 10.1 Å². The van der Waals surface area contributed by atoms with Crippen LogP contribution >= 0.6 is 15.9 Å². The first kappa shape index (κ1) is 11.0. The van der Waals surface area contributed by atoms with Crippen LogP contribution in [0.15, 0.2) is 0 Å². The van der Waals surface area contributed by atoms with E-state index in [0.717, 1.165) is 0 Å². The highest BCUT2D eigenvalue weighted by Gasteiger charge is 2.20. The fraction of sp³-hybridized carbons (Fsp3) is 0.667. The molecule has 11 heavy (non-hydrogen) atoms. The Balaban J connectivity index is 4.25. The van der Waals surface area contributed by atoms with Gasteiger partial charge in [-0.2, -0.15) is 8.42 Å². The molecule has 1 atom stereocenters. The van der Waals surface area contributed by atoms with Crippen LogP contribution in [-0.4, -0.2) is 23.6 Å². The Kier molecular flexibility index (Phi) is 4.73. The average Bonchev–Trinajstić information content (AvgIpc) is 1.85. The Morgan fingerprint density at radius 2 is 2.18 bits per heavy atom. The summed E-state index contributed by atoms with van der Waals surface area (Å²) in [5.74, 6) is 2.20. The lowest BCUT2D eigenvalue weighted by molar-refractivity contribution is 0.465. The second-order valence-electron chi connectivity index (χ2n) is 2.02. The summed E-state index contributed by atoms with van der Waals surface area (Å²) in [6.45, 7) is 0. The van der Waals surface area contributed by atoms with Gasteiger partial charge in [0, 0.05) is 11.8 Å². The normalized spacial score (nSPS) is 13.9. The van der Waals surface area contributed by atoms with Crippen LogP contribution in [0, 0.1) is 12.3 Å². The number of terminal acetylenes is 1. The Labute approximate surface area is 75.1 Å². The van der Waals surface area contributed by atoms with Crippen LogP contribution < -0.4 is 0 Å². The molecule has 0 rings (SSSR count). The van der Waals surface area contributed by atoms with Gasteiger partial charge in [-0.25, -0.2) is 0 Å². The highest BCUT2D eigenvalue weighted by molar-refractivity contribution is 9.09. The molecule has 0 aromatic carbocycles. The van der Waals surface area contributed by atoms with Crippen molar-refractivity contribution in [2.24, 2.45) is 0 Å². The highest BCUT2D eigenvalue weighted by atomic mass is 79.9. The minimum Gasteiger partial charge on any atom is -0.285 e. The van der Waals surface area contributed by atoms with Crippen molar-refractivity contribution in [3.8, 4) is 12.3 Å². The monoisotopic (exact) mass is 240 g/mol. The molecule has 0 amide bonds. The van der Waals surface area contributed by atoms with E-state index in [1.54, 1.807) is 0 Å². The fourth-order valence-electron chi connectivity index (χ4n) is 0.609. The van der Waals surface area contributed by atoms with Gasteiger partial charge in [0.2, 0.25) is 0 Å². The maximum atomic E-state index is 10.6. The van der Waals surface area contributed by atoms with E-state index in [4.69, 9.17) is 11.0 Å². The number of hydrogen-bond acceptors (Lipinski definition) is 2. The zero-order valence-electron chi connectivity index (χ0n) is 5.83. The molecule has 0 radical (unpaired) electrons. The van der Waals surface area contributed by atoms with Crippen molar-refractivity contribution >= 4 is 26.0 Å². The summed E-state index contributed by atoms with van der Waals surface area (Å²) in [5, 5.41) is -0.314. The van der Waals surface area contributed by atoms with Crippen molar-refractivity contribution in [1.82, 2.24) is 0 Å². The molecule has 0 aromatic rings. The summed E-state index contributed by atoms with van der Waals surface area (Å²) in [6, 6.07) is 0. The van der Waals surface area contributed by atoms with E-state index in [2.05, 4.69) is 21.9 Å². The maximum absolute atomic E-state index is 10.6. The summed E-state index contributed by atoms with van der Waals surface area (Å²) >= 11 is 3.07. The first-order valence-electron chi connectivity index (χ1n) is 2.98. The third-order valence-corrected chi connectivity index (χ3v) is 2.90. The van der Waals surface area contributed by atoms with E-state index in [0.29, 0.717) is 11.8 Å². The predicted molar refractivity (Wildman–Crippen MR) is 47.2 cm³/mol. The second kappa shape index (κ2) is 4.75. The van der Waals surface area contributed by atoms with Crippen molar-refractivity contribution in [3.63, 3.8) is 0 Å². The third-order valence-electron chi connectivity index (χ3n) is 1.20. The molecule has 0 aliphatic rings. The standard InChI is InChI=1S/C6H9BrO3S/c1-2-3-6(4-5-7)11(8,9)10/h1,6H,3-5H2,(H,8,9,10). The molecule has 0 saturated heterocycles. The number of halogens is 1. The van der Waals surface area contributed by atoms with Gasteiger partial charge in [0.25, 0.3) is 10.1 Å². The Morgan fingerprint density at radius 3 is 2.45 bits per heavy atom. The fourth-order valence-corrected chi connectivity index (χ4v) is 2.19. The largest absolute Gasteiger partial charge is 0.285 e. The lowest BCUT2D eigenvalue weighted by Gasteiger charge is -2.07. The van der Waals surface area contributed by atoms with Gasteiger partial charge in [0.05, 0.1) is 5.25 Å². The van der Waals surface area contributed by atoms with Crippen molar-refractivity contribution in [3.05, 3.63) is 0 Å². The maximum Gasteiger partial charge on any atom is 0.268 e. The summed E-state index contributed by atoms with van der Waals surface area (Å²) < 4.78 is 29.7. The van der Waals surface area contributed by atoms with Crippen LogP contribution in [0.25, 0.3) is 0 Å².